The molecular weight excluding hydrogens is 286 g/mol. The Morgan fingerprint density at radius 3 is 2.77 bits per heavy atom. The van der Waals surface area contributed by atoms with Gasteiger partial charge >= 0.3 is 0 Å². The van der Waals surface area contributed by atoms with Gasteiger partial charge in [-0.3, -0.25) is 19.7 Å². The zero-order valence-electron chi connectivity index (χ0n) is 12.7. The van der Waals surface area contributed by atoms with E-state index in [1.165, 1.54) is 19.1 Å². The first kappa shape index (κ1) is 15.9. The smallest absolute Gasteiger partial charge is 0.270 e. The lowest BCUT2D eigenvalue weighted by atomic mass is 10.1. The van der Waals surface area contributed by atoms with Crippen LogP contribution in [0.5, 0.6) is 0 Å². The second kappa shape index (κ2) is 6.55. The first-order chi connectivity index (χ1) is 10.4. The van der Waals surface area contributed by atoms with Crippen molar-refractivity contribution in [2.45, 2.75) is 32.7 Å². The number of ketones is 1. The van der Waals surface area contributed by atoms with Gasteiger partial charge in [-0.1, -0.05) is 6.92 Å². The van der Waals surface area contributed by atoms with Gasteiger partial charge in [0.2, 0.25) is 5.91 Å². The summed E-state index contributed by atoms with van der Waals surface area (Å²) in [5.74, 6) is -0.120. The Labute approximate surface area is 128 Å². The molecule has 2 rings (SSSR count). The lowest BCUT2D eigenvalue weighted by Gasteiger charge is -2.18. The Morgan fingerprint density at radius 2 is 2.18 bits per heavy atom. The fraction of sp³-hybridized carbons (Fsp3) is 0.467. The van der Waals surface area contributed by atoms with Gasteiger partial charge in [-0.25, -0.2) is 0 Å². The van der Waals surface area contributed by atoms with Crippen LogP contribution in [0.25, 0.3) is 0 Å². The van der Waals surface area contributed by atoms with Crippen molar-refractivity contribution in [2.24, 2.45) is 0 Å². The Hall–Kier alpha value is -2.44. The van der Waals surface area contributed by atoms with Crippen LogP contribution in [0, 0.1) is 10.1 Å². The monoisotopic (exact) mass is 305 g/mol. The molecule has 118 valence electrons. The predicted molar refractivity (Wildman–Crippen MR) is 82.0 cm³/mol. The van der Waals surface area contributed by atoms with E-state index in [2.05, 4.69) is 5.32 Å². The van der Waals surface area contributed by atoms with Gasteiger partial charge in [0.05, 0.1) is 4.92 Å². The maximum atomic E-state index is 11.7. The number of amides is 1. The number of nitrogens with zero attached hydrogens (tertiary/aromatic N) is 2. The fourth-order valence-corrected chi connectivity index (χ4v) is 2.61. The van der Waals surface area contributed by atoms with Crippen LogP contribution in [-0.2, 0) is 4.79 Å². The molecule has 0 aromatic heterocycles. The molecule has 1 amide bonds. The van der Waals surface area contributed by atoms with Crippen molar-refractivity contribution < 1.29 is 14.5 Å². The minimum absolute atomic E-state index is 0.0510. The maximum absolute atomic E-state index is 11.7. The number of Topliss-reactive ketones (excluding diaryl/α,β-unsaturated/α-hetero) is 1. The molecule has 1 unspecified atom stereocenters. The summed E-state index contributed by atoms with van der Waals surface area (Å²) >= 11 is 0. The summed E-state index contributed by atoms with van der Waals surface area (Å²) < 4.78 is 0. The van der Waals surface area contributed by atoms with Gasteiger partial charge in [0, 0.05) is 48.9 Å². The summed E-state index contributed by atoms with van der Waals surface area (Å²) in [4.78, 5) is 35.5. The molecule has 0 aliphatic carbocycles. The molecule has 1 heterocycles. The zero-order chi connectivity index (χ0) is 16.3. The van der Waals surface area contributed by atoms with Gasteiger partial charge in [0.1, 0.15) is 0 Å². The summed E-state index contributed by atoms with van der Waals surface area (Å²) in [6.07, 6.45) is 1.27. The van der Waals surface area contributed by atoms with Crippen LogP contribution in [0.1, 0.15) is 37.0 Å². The number of nitro groups is 1. The topological polar surface area (TPSA) is 92.6 Å². The Bertz CT molecular complexity index is 615. The number of likely N-dealkylation sites (tertiary alicyclic amines) is 1. The van der Waals surface area contributed by atoms with Gasteiger partial charge in [-0.2, -0.15) is 0 Å². The number of non-ortho nitro benzene ring substituents is 1. The predicted octanol–water partition coefficient (Wildman–Crippen LogP) is 2.22. The van der Waals surface area contributed by atoms with Crippen molar-refractivity contribution in [3.8, 4) is 0 Å². The van der Waals surface area contributed by atoms with Crippen molar-refractivity contribution in [3.05, 3.63) is 33.9 Å². The van der Waals surface area contributed by atoms with Crippen molar-refractivity contribution in [3.63, 3.8) is 0 Å². The maximum Gasteiger partial charge on any atom is 0.270 e. The van der Waals surface area contributed by atoms with Gasteiger partial charge in [0.25, 0.3) is 5.69 Å². The number of anilines is 1. The number of carbonyl (C=O) groups is 2. The molecular formula is C15H19N3O4. The highest BCUT2D eigenvalue weighted by atomic mass is 16.6. The third-order valence-corrected chi connectivity index (χ3v) is 3.80. The Kier molecular flexibility index (Phi) is 4.75. The fourth-order valence-electron chi connectivity index (χ4n) is 2.61. The number of nitrogens with one attached hydrogen (secondary N) is 1. The van der Waals surface area contributed by atoms with E-state index in [0.29, 0.717) is 30.8 Å². The summed E-state index contributed by atoms with van der Waals surface area (Å²) in [5, 5.41) is 14.0. The van der Waals surface area contributed by atoms with Crippen LogP contribution in [0.4, 0.5) is 11.4 Å². The molecule has 1 fully saturated rings. The van der Waals surface area contributed by atoms with E-state index in [0.717, 1.165) is 6.42 Å². The molecule has 1 aromatic carbocycles. The van der Waals surface area contributed by atoms with E-state index in [1.54, 1.807) is 11.0 Å². The number of carbonyl (C=O) groups excluding carboxylic acids is 2. The Morgan fingerprint density at radius 1 is 1.45 bits per heavy atom. The molecule has 1 aliphatic heterocycles. The summed E-state index contributed by atoms with van der Waals surface area (Å²) in [5.41, 5.74) is 0.772. The SMILES string of the molecule is CCC(=O)N1CCC(Nc2ccc([N+](=O)[O-])cc2C(C)=O)C1. The normalized spacial score (nSPS) is 17.4. The second-order valence-corrected chi connectivity index (χ2v) is 5.37. The van der Waals surface area contributed by atoms with Crippen LogP contribution in [-0.4, -0.2) is 40.6 Å². The quantitative estimate of drug-likeness (QED) is 0.511. The average molecular weight is 305 g/mol. The second-order valence-electron chi connectivity index (χ2n) is 5.37. The van der Waals surface area contributed by atoms with E-state index < -0.39 is 4.92 Å². The molecule has 7 nitrogen and oxygen atoms in total. The molecule has 0 radical (unpaired) electrons. The lowest BCUT2D eigenvalue weighted by Crippen LogP contribution is -2.31. The van der Waals surface area contributed by atoms with Gasteiger partial charge in [-0.15, -0.1) is 0 Å². The van der Waals surface area contributed by atoms with Crippen molar-refractivity contribution >= 4 is 23.1 Å². The van der Waals surface area contributed by atoms with Crippen molar-refractivity contribution in [1.29, 1.82) is 0 Å². The van der Waals surface area contributed by atoms with Crippen LogP contribution in [0.3, 0.4) is 0 Å². The number of nitro benzene ring substituents is 1. The van der Waals surface area contributed by atoms with Crippen molar-refractivity contribution in [1.82, 2.24) is 4.90 Å². The summed E-state index contributed by atoms with van der Waals surface area (Å²) in [7, 11) is 0. The third-order valence-electron chi connectivity index (χ3n) is 3.80. The van der Waals surface area contributed by atoms with E-state index >= 15 is 0 Å². The minimum Gasteiger partial charge on any atom is -0.380 e. The molecule has 0 bridgehead atoms. The third kappa shape index (κ3) is 3.41. The van der Waals surface area contributed by atoms with Crippen molar-refractivity contribution in [2.75, 3.05) is 18.4 Å². The molecule has 22 heavy (non-hydrogen) atoms. The summed E-state index contributed by atoms with van der Waals surface area (Å²) in [6.45, 7) is 4.48. The molecule has 1 N–H and O–H groups in total. The van der Waals surface area contributed by atoms with Gasteiger partial charge in [-0.05, 0) is 19.4 Å². The molecule has 1 aliphatic rings. The molecule has 1 aromatic rings. The van der Waals surface area contributed by atoms with Crippen LogP contribution >= 0.6 is 0 Å². The van der Waals surface area contributed by atoms with Crippen LogP contribution in [0.2, 0.25) is 0 Å². The molecule has 0 saturated carbocycles. The Balaban J connectivity index is 2.15. The number of hydrogen-bond acceptors (Lipinski definition) is 5. The standard InChI is InChI=1S/C15H19N3O4/c1-3-15(20)17-7-6-11(9-17)16-14-5-4-12(18(21)22)8-13(14)10(2)19/h4-5,8,11,16H,3,6-7,9H2,1-2H3. The molecule has 1 atom stereocenters. The van der Waals surface area contributed by atoms with E-state index in [4.69, 9.17) is 0 Å². The van der Waals surface area contributed by atoms with Crippen LogP contribution < -0.4 is 5.32 Å². The van der Waals surface area contributed by atoms with E-state index in [-0.39, 0.29) is 23.4 Å². The number of hydrogen-bond donors (Lipinski definition) is 1. The van der Waals surface area contributed by atoms with Gasteiger partial charge in [0.15, 0.2) is 5.78 Å². The first-order valence-corrected chi connectivity index (χ1v) is 7.26. The largest absolute Gasteiger partial charge is 0.380 e. The van der Waals surface area contributed by atoms with E-state index in [9.17, 15) is 19.7 Å². The number of benzene rings is 1. The van der Waals surface area contributed by atoms with Crippen LogP contribution in [0.15, 0.2) is 18.2 Å². The highest BCUT2D eigenvalue weighted by Crippen LogP contribution is 2.25. The first-order valence-electron chi connectivity index (χ1n) is 7.26. The highest BCUT2D eigenvalue weighted by Gasteiger charge is 2.26. The minimum atomic E-state index is -0.520. The molecule has 0 spiro atoms. The highest BCUT2D eigenvalue weighted by molar-refractivity contribution is 6.00. The zero-order valence-corrected chi connectivity index (χ0v) is 12.7. The number of rotatable bonds is 5. The lowest BCUT2D eigenvalue weighted by molar-refractivity contribution is -0.384. The summed E-state index contributed by atoms with van der Waals surface area (Å²) in [6, 6.07) is 4.27. The van der Waals surface area contributed by atoms with Gasteiger partial charge < -0.3 is 10.2 Å². The van der Waals surface area contributed by atoms with E-state index in [1.807, 2.05) is 6.92 Å². The average Bonchev–Trinajstić information content (AvgIpc) is 2.94. The molecule has 1 saturated heterocycles. The molecule has 7 heteroatoms.